The van der Waals surface area contributed by atoms with Gasteiger partial charge in [-0.2, -0.15) is 0 Å². The van der Waals surface area contributed by atoms with Crippen molar-refractivity contribution in [1.82, 2.24) is 0 Å². The van der Waals surface area contributed by atoms with Crippen LogP contribution >= 0.6 is 0 Å². The molecule has 0 spiro atoms. The largest absolute Gasteiger partial charge is 0.378 e. The predicted molar refractivity (Wildman–Crippen MR) is 60.4 cm³/mol. The molecule has 2 heteroatoms. The monoisotopic (exact) mass is 190 g/mol. The minimum absolute atomic E-state index is 0.190. The molecule has 2 rings (SSSR count). The Morgan fingerprint density at radius 1 is 1.29 bits per heavy atom. The van der Waals surface area contributed by atoms with Crippen molar-refractivity contribution in [2.24, 2.45) is 5.73 Å². The smallest absolute Gasteiger partial charge is 0.0495 e. The lowest BCUT2D eigenvalue weighted by molar-refractivity contribution is 0.287. The minimum atomic E-state index is 0.190. The van der Waals surface area contributed by atoms with Crippen molar-refractivity contribution >= 4 is 5.69 Å². The minimum Gasteiger partial charge on any atom is -0.378 e. The van der Waals surface area contributed by atoms with Gasteiger partial charge in [-0.05, 0) is 38.3 Å². The first-order valence-corrected chi connectivity index (χ1v) is 5.29. The fourth-order valence-electron chi connectivity index (χ4n) is 1.93. The third-order valence-electron chi connectivity index (χ3n) is 3.16. The van der Waals surface area contributed by atoms with Gasteiger partial charge in [-0.15, -0.1) is 0 Å². The van der Waals surface area contributed by atoms with E-state index in [-0.39, 0.29) is 5.54 Å². The summed E-state index contributed by atoms with van der Waals surface area (Å²) in [5, 5.41) is 3.54. The van der Waals surface area contributed by atoms with Crippen LogP contribution in [0.5, 0.6) is 0 Å². The standard InChI is InChI=1S/C12H18N2/c1-10-3-5-11(6-4-10)14-12(9-13)7-2-8-12/h3-6,14H,2,7-9,13H2,1H3. The SMILES string of the molecule is Cc1ccc(NC2(CN)CCC2)cc1. The molecule has 76 valence electrons. The summed E-state index contributed by atoms with van der Waals surface area (Å²) in [5.41, 5.74) is 8.47. The summed E-state index contributed by atoms with van der Waals surface area (Å²) in [5.74, 6) is 0. The van der Waals surface area contributed by atoms with E-state index in [1.807, 2.05) is 0 Å². The molecule has 0 unspecified atom stereocenters. The highest BCUT2D eigenvalue weighted by molar-refractivity contribution is 5.47. The van der Waals surface area contributed by atoms with Crippen LogP contribution < -0.4 is 11.1 Å². The average molecular weight is 190 g/mol. The van der Waals surface area contributed by atoms with Crippen LogP contribution in [0.2, 0.25) is 0 Å². The molecular formula is C12H18N2. The molecule has 1 aliphatic rings. The molecule has 0 radical (unpaired) electrons. The number of aryl methyl sites for hydroxylation is 1. The fourth-order valence-corrected chi connectivity index (χ4v) is 1.93. The Morgan fingerprint density at radius 3 is 2.36 bits per heavy atom. The molecule has 3 N–H and O–H groups in total. The predicted octanol–water partition coefficient (Wildman–Crippen LogP) is 2.29. The van der Waals surface area contributed by atoms with Gasteiger partial charge in [0.2, 0.25) is 0 Å². The number of hydrogen-bond acceptors (Lipinski definition) is 2. The van der Waals surface area contributed by atoms with E-state index in [1.54, 1.807) is 0 Å². The van der Waals surface area contributed by atoms with Crippen molar-refractivity contribution < 1.29 is 0 Å². The Hall–Kier alpha value is -1.02. The maximum absolute atomic E-state index is 5.78. The zero-order valence-corrected chi connectivity index (χ0v) is 8.72. The van der Waals surface area contributed by atoms with Crippen LogP contribution in [0.15, 0.2) is 24.3 Å². The third-order valence-corrected chi connectivity index (χ3v) is 3.16. The topological polar surface area (TPSA) is 38.0 Å². The Labute approximate surface area is 85.5 Å². The number of rotatable bonds is 3. The van der Waals surface area contributed by atoms with Crippen LogP contribution in [0.1, 0.15) is 24.8 Å². The molecule has 0 atom stereocenters. The molecule has 14 heavy (non-hydrogen) atoms. The highest BCUT2D eigenvalue weighted by atomic mass is 15.0. The van der Waals surface area contributed by atoms with Crippen molar-refractivity contribution in [2.75, 3.05) is 11.9 Å². The van der Waals surface area contributed by atoms with Crippen LogP contribution in [-0.4, -0.2) is 12.1 Å². The normalized spacial score (nSPS) is 18.7. The highest BCUT2D eigenvalue weighted by Crippen LogP contribution is 2.34. The van der Waals surface area contributed by atoms with Crippen LogP contribution in [0.25, 0.3) is 0 Å². The van der Waals surface area contributed by atoms with E-state index in [1.165, 1.54) is 30.5 Å². The van der Waals surface area contributed by atoms with Gasteiger partial charge < -0.3 is 11.1 Å². The first-order valence-electron chi connectivity index (χ1n) is 5.29. The van der Waals surface area contributed by atoms with E-state index in [2.05, 4.69) is 36.5 Å². The van der Waals surface area contributed by atoms with Gasteiger partial charge in [0.15, 0.2) is 0 Å². The Morgan fingerprint density at radius 2 is 1.93 bits per heavy atom. The van der Waals surface area contributed by atoms with Crippen LogP contribution in [0.4, 0.5) is 5.69 Å². The Bertz CT molecular complexity index is 293. The van der Waals surface area contributed by atoms with E-state index < -0.39 is 0 Å². The van der Waals surface area contributed by atoms with Crippen molar-refractivity contribution in [3.63, 3.8) is 0 Å². The second-order valence-electron chi connectivity index (χ2n) is 4.33. The molecule has 2 nitrogen and oxygen atoms in total. The molecule has 1 aliphatic carbocycles. The van der Waals surface area contributed by atoms with E-state index in [4.69, 9.17) is 5.73 Å². The molecule has 0 aliphatic heterocycles. The first-order chi connectivity index (χ1) is 6.74. The third kappa shape index (κ3) is 1.75. The molecule has 1 aromatic rings. The van der Waals surface area contributed by atoms with E-state index >= 15 is 0 Å². The lowest BCUT2D eigenvalue weighted by atomic mass is 9.76. The van der Waals surface area contributed by atoms with Gasteiger partial charge in [-0.1, -0.05) is 17.7 Å². The summed E-state index contributed by atoms with van der Waals surface area (Å²) in [6.45, 7) is 2.84. The summed E-state index contributed by atoms with van der Waals surface area (Å²) in [6, 6.07) is 8.52. The number of nitrogens with two attached hydrogens (primary N) is 1. The summed E-state index contributed by atoms with van der Waals surface area (Å²) >= 11 is 0. The zero-order valence-electron chi connectivity index (χ0n) is 8.72. The van der Waals surface area contributed by atoms with E-state index in [9.17, 15) is 0 Å². The van der Waals surface area contributed by atoms with Crippen molar-refractivity contribution in [1.29, 1.82) is 0 Å². The van der Waals surface area contributed by atoms with Gasteiger partial charge in [-0.25, -0.2) is 0 Å². The fraction of sp³-hybridized carbons (Fsp3) is 0.500. The van der Waals surface area contributed by atoms with Gasteiger partial charge in [0.05, 0.1) is 0 Å². The lowest BCUT2D eigenvalue weighted by Gasteiger charge is -2.42. The number of hydrogen-bond donors (Lipinski definition) is 2. The molecule has 0 aromatic heterocycles. The van der Waals surface area contributed by atoms with Crippen LogP contribution in [-0.2, 0) is 0 Å². The maximum atomic E-state index is 5.78. The van der Waals surface area contributed by atoms with Crippen molar-refractivity contribution in [3.05, 3.63) is 29.8 Å². The molecule has 1 saturated carbocycles. The Kier molecular flexibility index (Phi) is 2.46. The van der Waals surface area contributed by atoms with Gasteiger partial charge >= 0.3 is 0 Å². The molecular weight excluding hydrogens is 172 g/mol. The second kappa shape index (κ2) is 3.62. The van der Waals surface area contributed by atoms with Gasteiger partial charge in [-0.3, -0.25) is 0 Å². The summed E-state index contributed by atoms with van der Waals surface area (Å²) < 4.78 is 0. The van der Waals surface area contributed by atoms with Crippen LogP contribution in [0, 0.1) is 6.92 Å². The van der Waals surface area contributed by atoms with Gasteiger partial charge in [0, 0.05) is 17.8 Å². The molecule has 0 saturated heterocycles. The molecule has 1 fully saturated rings. The summed E-state index contributed by atoms with van der Waals surface area (Å²) in [6.07, 6.45) is 3.71. The van der Waals surface area contributed by atoms with E-state index in [0.29, 0.717) is 0 Å². The number of anilines is 1. The van der Waals surface area contributed by atoms with Crippen LogP contribution in [0.3, 0.4) is 0 Å². The average Bonchev–Trinajstić information content (AvgIpc) is 2.15. The molecule has 0 amide bonds. The molecule has 0 heterocycles. The lowest BCUT2D eigenvalue weighted by Crippen LogP contribution is -2.51. The summed E-state index contributed by atoms with van der Waals surface area (Å²) in [4.78, 5) is 0. The van der Waals surface area contributed by atoms with E-state index in [0.717, 1.165) is 6.54 Å². The summed E-state index contributed by atoms with van der Waals surface area (Å²) in [7, 11) is 0. The second-order valence-corrected chi connectivity index (χ2v) is 4.33. The number of benzene rings is 1. The highest BCUT2D eigenvalue weighted by Gasteiger charge is 2.35. The molecule has 1 aromatic carbocycles. The Balaban J connectivity index is 2.06. The number of nitrogens with one attached hydrogen (secondary N) is 1. The van der Waals surface area contributed by atoms with Gasteiger partial charge in [0.25, 0.3) is 0 Å². The molecule has 0 bridgehead atoms. The quantitative estimate of drug-likeness (QED) is 0.767. The maximum Gasteiger partial charge on any atom is 0.0495 e. The zero-order chi connectivity index (χ0) is 10.0. The van der Waals surface area contributed by atoms with Crippen molar-refractivity contribution in [2.45, 2.75) is 31.7 Å². The van der Waals surface area contributed by atoms with Gasteiger partial charge in [0.1, 0.15) is 0 Å². The van der Waals surface area contributed by atoms with Crippen molar-refractivity contribution in [3.8, 4) is 0 Å². The first kappa shape index (κ1) is 9.53.